The van der Waals surface area contributed by atoms with Crippen LogP contribution >= 0.6 is 11.8 Å². The van der Waals surface area contributed by atoms with Crippen LogP contribution in [0.25, 0.3) is 0 Å². The molecule has 0 bridgehead atoms. The van der Waals surface area contributed by atoms with Crippen molar-refractivity contribution in [3.63, 3.8) is 0 Å². The number of nitrogens with zero attached hydrogens (tertiary/aromatic N) is 1. The van der Waals surface area contributed by atoms with E-state index in [9.17, 15) is 18.0 Å². The van der Waals surface area contributed by atoms with Gasteiger partial charge in [-0.05, 0) is 31.5 Å². The van der Waals surface area contributed by atoms with Gasteiger partial charge in [-0.1, -0.05) is 6.92 Å². The van der Waals surface area contributed by atoms with E-state index in [1.807, 2.05) is 6.92 Å². The maximum atomic E-state index is 12.4. The molecule has 0 aromatic carbocycles. The quantitative estimate of drug-likeness (QED) is 0.720. The molecule has 0 aliphatic rings. The Kier molecular flexibility index (Phi) is 6.97. The highest BCUT2D eigenvalue weighted by Gasteiger charge is 2.30. The summed E-state index contributed by atoms with van der Waals surface area (Å²) in [6.45, 7) is 2.55. The highest BCUT2D eigenvalue weighted by atomic mass is 32.2. The van der Waals surface area contributed by atoms with Gasteiger partial charge < -0.3 is 10.4 Å². The second kappa shape index (κ2) is 8.23. The Labute approximate surface area is 125 Å². The molecule has 0 radical (unpaired) electrons. The van der Waals surface area contributed by atoms with Crippen LogP contribution in [-0.2, 0) is 11.0 Å². The van der Waals surface area contributed by atoms with E-state index in [1.54, 1.807) is 0 Å². The molecule has 118 valence electrons. The van der Waals surface area contributed by atoms with Gasteiger partial charge in [0.1, 0.15) is 6.04 Å². The lowest BCUT2D eigenvalue weighted by molar-refractivity contribution is -0.139. The van der Waals surface area contributed by atoms with Crippen LogP contribution in [-0.4, -0.2) is 34.4 Å². The first-order valence-electron chi connectivity index (χ1n) is 6.46. The summed E-state index contributed by atoms with van der Waals surface area (Å²) in [5, 5.41) is 12.4. The predicted molar refractivity (Wildman–Crippen MR) is 74.3 cm³/mol. The fraction of sp³-hybridized carbons (Fsp3) is 0.538. The zero-order chi connectivity index (χ0) is 15.9. The summed E-state index contributed by atoms with van der Waals surface area (Å²) in [6.07, 6.45) is -2.40. The Hall–Kier alpha value is -1.28. The summed E-state index contributed by atoms with van der Waals surface area (Å²) in [7, 11) is 0. The van der Waals surface area contributed by atoms with Crippen LogP contribution in [0, 0.1) is 0 Å². The summed E-state index contributed by atoms with van der Waals surface area (Å²) in [5.74, 6) is -0.462. The molecule has 0 saturated heterocycles. The first kappa shape index (κ1) is 17.8. The lowest BCUT2D eigenvalue weighted by atomic mass is 10.2. The molecule has 0 aliphatic carbocycles. The van der Waals surface area contributed by atoms with E-state index in [1.165, 1.54) is 17.8 Å². The van der Waals surface area contributed by atoms with Crippen molar-refractivity contribution >= 4 is 17.7 Å². The lowest BCUT2D eigenvalue weighted by Gasteiger charge is -2.13. The fourth-order valence-corrected chi connectivity index (χ4v) is 2.40. The van der Waals surface area contributed by atoms with Gasteiger partial charge in [0, 0.05) is 11.9 Å². The second-order valence-electron chi connectivity index (χ2n) is 4.36. The third kappa shape index (κ3) is 6.34. The van der Waals surface area contributed by atoms with Gasteiger partial charge in [-0.15, -0.1) is 11.8 Å². The number of hydrogen-bond donors (Lipinski definition) is 2. The molecule has 21 heavy (non-hydrogen) atoms. The maximum absolute atomic E-state index is 12.4. The average molecular weight is 322 g/mol. The van der Waals surface area contributed by atoms with E-state index in [2.05, 4.69) is 10.3 Å². The summed E-state index contributed by atoms with van der Waals surface area (Å²) in [5.41, 5.74) is -0.792. The molecule has 0 amide bonds. The standard InChI is InChI=1S/C13H17F3N2O2S/c1-2-6-17-10(12(19)20)5-7-21-11-4-3-9(8-18-11)13(14,15)16/h3-4,8,10,17H,2,5-7H2,1H3,(H,19,20). The number of aromatic nitrogens is 1. The summed E-state index contributed by atoms with van der Waals surface area (Å²) >= 11 is 1.24. The largest absolute Gasteiger partial charge is 0.480 e. The first-order valence-corrected chi connectivity index (χ1v) is 7.45. The first-order chi connectivity index (χ1) is 9.84. The van der Waals surface area contributed by atoms with E-state index in [-0.39, 0.29) is 0 Å². The number of aliphatic carboxylic acids is 1. The zero-order valence-corrected chi connectivity index (χ0v) is 12.3. The van der Waals surface area contributed by atoms with Crippen LogP contribution in [0.15, 0.2) is 23.4 Å². The van der Waals surface area contributed by atoms with Crippen molar-refractivity contribution in [3.8, 4) is 0 Å². The molecular formula is C13H17F3N2O2S. The molecule has 1 unspecified atom stereocenters. The van der Waals surface area contributed by atoms with Crippen LogP contribution in [0.3, 0.4) is 0 Å². The van der Waals surface area contributed by atoms with Gasteiger partial charge in [-0.2, -0.15) is 13.2 Å². The molecule has 1 aromatic rings. The van der Waals surface area contributed by atoms with E-state index in [0.29, 0.717) is 23.7 Å². The number of carboxylic acids is 1. The third-order valence-electron chi connectivity index (χ3n) is 2.66. The number of halogens is 3. The van der Waals surface area contributed by atoms with Crippen molar-refractivity contribution in [2.24, 2.45) is 0 Å². The van der Waals surface area contributed by atoms with Gasteiger partial charge in [-0.25, -0.2) is 4.98 Å². The van der Waals surface area contributed by atoms with Gasteiger partial charge in [0.2, 0.25) is 0 Å². The molecule has 1 heterocycles. The Morgan fingerprint density at radius 2 is 2.19 bits per heavy atom. The molecule has 0 spiro atoms. The van der Waals surface area contributed by atoms with Crippen molar-refractivity contribution in [2.75, 3.05) is 12.3 Å². The molecule has 1 rings (SSSR count). The Bertz CT molecular complexity index is 452. The highest BCUT2D eigenvalue weighted by molar-refractivity contribution is 7.99. The van der Waals surface area contributed by atoms with Crippen LogP contribution < -0.4 is 5.32 Å². The molecule has 1 atom stereocenters. The number of carbonyl (C=O) groups is 1. The number of hydrogen-bond acceptors (Lipinski definition) is 4. The van der Waals surface area contributed by atoms with Gasteiger partial charge in [-0.3, -0.25) is 4.79 Å². The number of thioether (sulfide) groups is 1. The summed E-state index contributed by atoms with van der Waals surface area (Å²) in [4.78, 5) is 14.7. The molecule has 1 aromatic heterocycles. The van der Waals surface area contributed by atoms with Crippen molar-refractivity contribution in [2.45, 2.75) is 37.0 Å². The zero-order valence-electron chi connectivity index (χ0n) is 11.5. The van der Waals surface area contributed by atoms with Gasteiger partial charge in [0.05, 0.1) is 10.6 Å². The molecule has 4 nitrogen and oxygen atoms in total. The predicted octanol–water partition coefficient (Wildman–Crippen LogP) is 3.04. The van der Waals surface area contributed by atoms with Gasteiger partial charge >= 0.3 is 12.1 Å². The fourth-order valence-electron chi connectivity index (χ4n) is 1.55. The lowest BCUT2D eigenvalue weighted by Crippen LogP contribution is -2.37. The molecule has 8 heteroatoms. The molecule has 0 fully saturated rings. The number of nitrogens with one attached hydrogen (secondary N) is 1. The molecule has 2 N–H and O–H groups in total. The third-order valence-corrected chi connectivity index (χ3v) is 3.64. The minimum absolute atomic E-state index is 0.378. The van der Waals surface area contributed by atoms with Crippen molar-refractivity contribution in [3.05, 3.63) is 23.9 Å². The maximum Gasteiger partial charge on any atom is 0.417 e. The minimum Gasteiger partial charge on any atom is -0.480 e. The summed E-state index contributed by atoms with van der Waals surface area (Å²) in [6, 6.07) is 1.62. The number of alkyl halides is 3. The van der Waals surface area contributed by atoms with Crippen molar-refractivity contribution < 1.29 is 23.1 Å². The van der Waals surface area contributed by atoms with Crippen molar-refractivity contribution in [1.29, 1.82) is 0 Å². The highest BCUT2D eigenvalue weighted by Crippen LogP contribution is 2.29. The molecule has 0 aliphatic heterocycles. The van der Waals surface area contributed by atoms with E-state index < -0.39 is 23.8 Å². The topological polar surface area (TPSA) is 62.2 Å². The number of pyridine rings is 1. The Balaban J connectivity index is 2.46. The second-order valence-corrected chi connectivity index (χ2v) is 5.48. The number of carboxylic acid groups (broad SMARTS) is 1. The van der Waals surface area contributed by atoms with Crippen molar-refractivity contribution in [1.82, 2.24) is 10.3 Å². The molecule has 0 saturated carbocycles. The summed E-state index contributed by atoms with van der Waals surface area (Å²) < 4.78 is 37.1. The normalized spacial score (nSPS) is 13.1. The minimum atomic E-state index is -4.39. The van der Waals surface area contributed by atoms with E-state index in [0.717, 1.165) is 18.7 Å². The monoisotopic (exact) mass is 322 g/mol. The van der Waals surface area contributed by atoms with E-state index in [4.69, 9.17) is 5.11 Å². The van der Waals surface area contributed by atoms with Gasteiger partial charge in [0.25, 0.3) is 0 Å². The Morgan fingerprint density at radius 3 is 2.67 bits per heavy atom. The van der Waals surface area contributed by atoms with Crippen LogP contribution in [0.1, 0.15) is 25.3 Å². The van der Waals surface area contributed by atoms with E-state index >= 15 is 0 Å². The Morgan fingerprint density at radius 1 is 1.48 bits per heavy atom. The van der Waals surface area contributed by atoms with Crippen LogP contribution in [0.5, 0.6) is 0 Å². The average Bonchev–Trinajstić information content (AvgIpc) is 2.41. The smallest absolute Gasteiger partial charge is 0.417 e. The molecular weight excluding hydrogens is 305 g/mol. The number of rotatable bonds is 8. The SMILES string of the molecule is CCCNC(CCSc1ccc(C(F)(F)F)cn1)C(=O)O. The van der Waals surface area contributed by atoms with Gasteiger partial charge in [0.15, 0.2) is 0 Å². The van der Waals surface area contributed by atoms with Crippen LogP contribution in [0.2, 0.25) is 0 Å². The van der Waals surface area contributed by atoms with Crippen LogP contribution in [0.4, 0.5) is 13.2 Å².